The van der Waals surface area contributed by atoms with E-state index in [0.717, 1.165) is 18.0 Å². The van der Waals surface area contributed by atoms with Gasteiger partial charge in [-0.1, -0.05) is 18.2 Å². The third-order valence-corrected chi connectivity index (χ3v) is 4.75. The summed E-state index contributed by atoms with van der Waals surface area (Å²) in [6, 6.07) is 12.0. The van der Waals surface area contributed by atoms with Crippen molar-refractivity contribution in [2.24, 2.45) is 5.92 Å². The van der Waals surface area contributed by atoms with E-state index in [1.54, 1.807) is 12.1 Å². The summed E-state index contributed by atoms with van der Waals surface area (Å²) >= 11 is 0. The maximum absolute atomic E-state index is 12.6. The van der Waals surface area contributed by atoms with Crippen LogP contribution in [0, 0.1) is 5.92 Å². The minimum absolute atomic E-state index is 0.0441. The second-order valence-corrected chi connectivity index (χ2v) is 6.59. The number of pyridine rings is 1. The predicted octanol–water partition coefficient (Wildman–Crippen LogP) is 2.90. The average molecular weight is 379 g/mol. The number of aromatic amines is 1. The van der Waals surface area contributed by atoms with Crippen LogP contribution in [0.1, 0.15) is 18.4 Å². The number of hydrazine groups is 1. The Morgan fingerprint density at radius 1 is 1.15 bits per heavy atom. The van der Waals surface area contributed by atoms with Crippen LogP contribution in [0.15, 0.2) is 48.7 Å². The largest absolute Gasteiger partial charge is 0.419 e. The molecule has 0 atom stereocenters. The number of nitrogens with one attached hydrogen (secondary N) is 2. The number of carbonyl (C=O) groups excluding carboxylic acids is 1. The maximum Gasteiger partial charge on any atom is 0.419 e. The molecule has 2 N–H and O–H groups in total. The molecule has 0 bridgehead atoms. The number of anilines is 2. The number of benzene rings is 1. The Labute approximate surface area is 155 Å². The predicted molar refractivity (Wildman–Crippen MR) is 95.9 cm³/mol. The molecule has 2 heterocycles. The third kappa shape index (κ3) is 4.69. The number of halogens is 3. The van der Waals surface area contributed by atoms with E-state index in [9.17, 15) is 18.0 Å². The summed E-state index contributed by atoms with van der Waals surface area (Å²) in [5, 5.41) is 1.69. The molecule has 0 aliphatic carbocycles. The second-order valence-electron chi connectivity index (χ2n) is 6.59. The molecule has 1 amide bonds. The fourth-order valence-corrected chi connectivity index (χ4v) is 3.14. The first-order valence-electron chi connectivity index (χ1n) is 8.78. The molecule has 1 aromatic heterocycles. The molecule has 1 saturated heterocycles. The number of alkyl halides is 3. The Morgan fingerprint density at radius 3 is 2.37 bits per heavy atom. The number of nitrogens with zero attached hydrogens (tertiary/aromatic N) is 2. The highest BCUT2D eigenvalue weighted by Crippen LogP contribution is 2.29. The van der Waals surface area contributed by atoms with Crippen LogP contribution in [-0.4, -0.2) is 26.0 Å². The van der Waals surface area contributed by atoms with E-state index in [1.165, 1.54) is 6.07 Å². The number of rotatable bonds is 4. The van der Waals surface area contributed by atoms with Crippen molar-refractivity contribution >= 4 is 17.4 Å². The van der Waals surface area contributed by atoms with Crippen LogP contribution in [0.2, 0.25) is 0 Å². The summed E-state index contributed by atoms with van der Waals surface area (Å²) in [7, 11) is 1.79. The highest BCUT2D eigenvalue weighted by atomic mass is 19.4. The number of hydrogen-bond acceptors (Lipinski definition) is 3. The molecule has 1 aromatic carbocycles. The Kier molecular flexibility index (Phi) is 5.53. The first kappa shape index (κ1) is 19.0. The lowest BCUT2D eigenvalue weighted by Crippen LogP contribution is -2.47. The molecule has 0 radical (unpaired) electrons. The van der Waals surface area contributed by atoms with E-state index >= 15 is 0 Å². The van der Waals surface area contributed by atoms with E-state index in [0.29, 0.717) is 31.7 Å². The number of piperidine rings is 1. The molecule has 0 unspecified atom stereocenters. The molecule has 2 aromatic rings. The lowest BCUT2D eigenvalue weighted by molar-refractivity contribution is -0.367. The van der Waals surface area contributed by atoms with Gasteiger partial charge in [-0.3, -0.25) is 20.1 Å². The summed E-state index contributed by atoms with van der Waals surface area (Å²) in [6.07, 6.45) is -2.10. The van der Waals surface area contributed by atoms with E-state index in [-0.39, 0.29) is 11.8 Å². The van der Waals surface area contributed by atoms with Crippen LogP contribution < -0.4 is 20.3 Å². The van der Waals surface area contributed by atoms with E-state index in [1.807, 2.05) is 35.2 Å². The quantitative estimate of drug-likeness (QED) is 0.831. The Hall–Kier alpha value is -2.77. The Bertz CT molecular complexity index is 757. The molecule has 27 heavy (non-hydrogen) atoms. The number of hydrogen-bond donors (Lipinski definition) is 1. The Balaban J connectivity index is 1.53. The van der Waals surface area contributed by atoms with Gasteiger partial charge in [0.15, 0.2) is 0 Å². The van der Waals surface area contributed by atoms with Gasteiger partial charge in [0, 0.05) is 19.0 Å². The van der Waals surface area contributed by atoms with Crippen molar-refractivity contribution in [1.29, 1.82) is 0 Å². The summed E-state index contributed by atoms with van der Waals surface area (Å²) in [5.41, 5.74) is 3.07. The number of amides is 1. The van der Waals surface area contributed by atoms with Crippen LogP contribution in [0.3, 0.4) is 0 Å². The first-order valence-corrected chi connectivity index (χ1v) is 8.78. The molecule has 0 spiro atoms. The number of carbonyl (C=O) groups is 1. The minimum atomic E-state index is -4.36. The van der Waals surface area contributed by atoms with Crippen molar-refractivity contribution in [2.75, 3.05) is 30.0 Å². The van der Waals surface area contributed by atoms with E-state index < -0.39 is 11.7 Å². The van der Waals surface area contributed by atoms with Crippen LogP contribution >= 0.6 is 0 Å². The molecule has 8 heteroatoms. The van der Waals surface area contributed by atoms with Crippen molar-refractivity contribution in [2.45, 2.75) is 19.0 Å². The molecule has 1 fully saturated rings. The number of H-pyrrole nitrogens is 1. The molecule has 3 rings (SSSR count). The highest BCUT2D eigenvalue weighted by molar-refractivity contribution is 5.80. The van der Waals surface area contributed by atoms with Crippen molar-refractivity contribution in [3.05, 3.63) is 54.2 Å². The molecule has 1 aliphatic heterocycles. The molecule has 144 valence electrons. The van der Waals surface area contributed by atoms with Gasteiger partial charge >= 0.3 is 6.18 Å². The van der Waals surface area contributed by atoms with E-state index in [4.69, 9.17) is 0 Å². The fraction of sp³-hybridized carbons (Fsp3) is 0.368. The fourth-order valence-electron chi connectivity index (χ4n) is 3.14. The third-order valence-electron chi connectivity index (χ3n) is 4.75. The first-order chi connectivity index (χ1) is 12.8. The topological polar surface area (TPSA) is 49.7 Å². The van der Waals surface area contributed by atoms with Gasteiger partial charge in [0.25, 0.3) is 5.82 Å². The van der Waals surface area contributed by atoms with Crippen LogP contribution in [-0.2, 0) is 11.0 Å². The van der Waals surface area contributed by atoms with Crippen molar-refractivity contribution in [3.63, 3.8) is 0 Å². The zero-order chi connectivity index (χ0) is 19.4. The monoisotopic (exact) mass is 379 g/mol. The lowest BCUT2D eigenvalue weighted by Gasteiger charge is -2.29. The van der Waals surface area contributed by atoms with Crippen molar-refractivity contribution in [1.82, 2.24) is 5.43 Å². The minimum Gasteiger partial charge on any atom is -0.289 e. The van der Waals surface area contributed by atoms with Gasteiger partial charge in [-0.15, -0.1) is 0 Å². The molecule has 5 nitrogen and oxygen atoms in total. The Morgan fingerprint density at radius 2 is 1.81 bits per heavy atom. The van der Waals surface area contributed by atoms with Gasteiger partial charge in [0.2, 0.25) is 5.91 Å². The van der Waals surface area contributed by atoms with Gasteiger partial charge in [0.05, 0.1) is 24.3 Å². The summed E-state index contributed by atoms with van der Waals surface area (Å²) in [6.45, 7) is 1.21. The molecular formula is C19H22F3N4O+. The van der Waals surface area contributed by atoms with Gasteiger partial charge in [0.1, 0.15) is 6.20 Å². The van der Waals surface area contributed by atoms with Gasteiger partial charge in [-0.05, 0) is 31.0 Å². The zero-order valence-corrected chi connectivity index (χ0v) is 15.0. The SMILES string of the molecule is CN(NC(=O)C1CCN(c2ccc(C(F)(F)F)c[nH+]2)CC1)c1ccccc1. The van der Waals surface area contributed by atoms with E-state index in [2.05, 4.69) is 10.4 Å². The summed E-state index contributed by atoms with van der Waals surface area (Å²) in [4.78, 5) is 17.1. The zero-order valence-electron chi connectivity index (χ0n) is 15.0. The van der Waals surface area contributed by atoms with Gasteiger partial charge in [-0.25, -0.2) is 4.98 Å². The summed E-state index contributed by atoms with van der Waals surface area (Å²) in [5.74, 6) is 0.461. The van der Waals surface area contributed by atoms with Crippen LogP contribution in [0.25, 0.3) is 0 Å². The number of para-hydroxylation sites is 1. The summed E-state index contributed by atoms with van der Waals surface area (Å²) < 4.78 is 37.9. The average Bonchev–Trinajstić information content (AvgIpc) is 2.68. The maximum atomic E-state index is 12.6. The standard InChI is InChI=1S/C19H21F3N4O/c1-25(16-5-3-2-4-6-16)24-18(27)14-9-11-26(12-10-14)17-8-7-15(13-23-17)19(20,21)22/h2-8,13-14H,9-12H2,1H3,(H,24,27)/p+1. The molecule has 1 aliphatic rings. The number of aromatic nitrogens is 1. The normalized spacial score (nSPS) is 15.5. The van der Waals surface area contributed by atoms with Crippen LogP contribution in [0.4, 0.5) is 24.7 Å². The molecular weight excluding hydrogens is 357 g/mol. The van der Waals surface area contributed by atoms with Gasteiger partial charge < -0.3 is 0 Å². The lowest BCUT2D eigenvalue weighted by atomic mass is 9.96. The smallest absolute Gasteiger partial charge is 0.289 e. The van der Waals surface area contributed by atoms with Crippen molar-refractivity contribution < 1.29 is 22.9 Å². The second kappa shape index (κ2) is 7.85. The molecule has 0 saturated carbocycles. The van der Waals surface area contributed by atoms with Gasteiger partial charge in [-0.2, -0.15) is 13.2 Å². The van der Waals surface area contributed by atoms with Crippen molar-refractivity contribution in [3.8, 4) is 0 Å². The van der Waals surface area contributed by atoms with Crippen LogP contribution in [0.5, 0.6) is 0 Å². The highest BCUT2D eigenvalue weighted by Gasteiger charge is 2.33.